The predicted octanol–water partition coefficient (Wildman–Crippen LogP) is 5.05. The minimum atomic E-state index is -0.284. The fourth-order valence-electron chi connectivity index (χ4n) is 2.62. The fraction of sp³-hybridized carbons (Fsp3) is 0.150. The van der Waals surface area contributed by atoms with Crippen LogP contribution in [0.25, 0.3) is 0 Å². The smallest absolute Gasteiger partial charge is 0.258 e. The lowest BCUT2D eigenvalue weighted by Crippen LogP contribution is -2.14. The number of anilines is 3. The van der Waals surface area contributed by atoms with Gasteiger partial charge < -0.3 is 10.6 Å². The molecule has 0 aliphatic heterocycles. The zero-order valence-corrected chi connectivity index (χ0v) is 15.6. The van der Waals surface area contributed by atoms with E-state index < -0.39 is 0 Å². The molecule has 0 aliphatic carbocycles. The van der Waals surface area contributed by atoms with E-state index in [2.05, 4.69) is 26.7 Å². The second-order valence-corrected chi connectivity index (χ2v) is 6.57. The van der Waals surface area contributed by atoms with Crippen molar-refractivity contribution in [2.24, 2.45) is 0 Å². The normalized spacial score (nSPS) is 10.5. The van der Waals surface area contributed by atoms with E-state index in [-0.39, 0.29) is 5.91 Å². The van der Waals surface area contributed by atoms with Gasteiger partial charge in [0.15, 0.2) is 0 Å². The molecule has 2 aromatic carbocycles. The monoisotopic (exact) mass is 366 g/mol. The molecule has 0 radical (unpaired) electrons. The molecule has 0 saturated heterocycles. The largest absolute Gasteiger partial charge is 0.324 e. The molecule has 1 aromatic heterocycles. The molecule has 3 rings (SSSR count). The highest BCUT2D eigenvalue weighted by molar-refractivity contribution is 6.31. The van der Waals surface area contributed by atoms with Gasteiger partial charge in [-0.1, -0.05) is 23.7 Å². The van der Waals surface area contributed by atoms with Crippen LogP contribution < -0.4 is 10.6 Å². The van der Waals surface area contributed by atoms with E-state index >= 15 is 0 Å². The lowest BCUT2D eigenvalue weighted by molar-refractivity contribution is 0.102. The van der Waals surface area contributed by atoms with Gasteiger partial charge in [-0.15, -0.1) is 0 Å². The number of rotatable bonds is 4. The van der Waals surface area contributed by atoms with Crippen LogP contribution in [0.2, 0.25) is 5.02 Å². The summed E-state index contributed by atoms with van der Waals surface area (Å²) in [5.41, 5.74) is 5.07. The maximum Gasteiger partial charge on any atom is 0.258 e. The Hall–Kier alpha value is -2.92. The van der Waals surface area contributed by atoms with Crippen LogP contribution in [-0.4, -0.2) is 15.9 Å². The van der Waals surface area contributed by atoms with Crippen LogP contribution in [-0.2, 0) is 0 Å². The van der Waals surface area contributed by atoms with Gasteiger partial charge in [0.05, 0.1) is 5.56 Å². The third-order valence-corrected chi connectivity index (χ3v) is 4.32. The molecule has 0 atom stereocenters. The predicted molar refractivity (Wildman–Crippen MR) is 105 cm³/mol. The number of carbonyl (C=O) groups excluding carboxylic acids is 1. The van der Waals surface area contributed by atoms with Crippen LogP contribution in [0, 0.1) is 20.8 Å². The standard InChI is InChI=1S/C20H19ClN4O/c1-12-7-13(2)9-16(8-12)24-20-22-10-15(11-23-20)19(26)25-18-6-4-5-17(21)14(18)3/h4-11H,1-3H3,(H,25,26)(H,22,23,24). The summed E-state index contributed by atoms with van der Waals surface area (Å²) in [6, 6.07) is 11.5. The SMILES string of the molecule is Cc1cc(C)cc(Nc2ncc(C(=O)Nc3cccc(Cl)c3C)cn2)c1. The Bertz CT molecular complexity index is 934. The highest BCUT2D eigenvalue weighted by Crippen LogP contribution is 2.23. The first-order valence-electron chi connectivity index (χ1n) is 8.16. The van der Waals surface area contributed by atoms with Gasteiger partial charge >= 0.3 is 0 Å². The number of hydrogen-bond donors (Lipinski definition) is 2. The Labute approximate surface area is 157 Å². The molecule has 0 spiro atoms. The number of hydrogen-bond acceptors (Lipinski definition) is 4. The zero-order valence-electron chi connectivity index (χ0n) is 14.8. The van der Waals surface area contributed by atoms with Gasteiger partial charge in [-0.2, -0.15) is 0 Å². The van der Waals surface area contributed by atoms with Crippen molar-refractivity contribution < 1.29 is 4.79 Å². The van der Waals surface area contributed by atoms with E-state index in [0.717, 1.165) is 22.4 Å². The average molecular weight is 367 g/mol. The Morgan fingerprint density at radius 1 is 1.00 bits per heavy atom. The minimum absolute atomic E-state index is 0.284. The van der Waals surface area contributed by atoms with E-state index in [4.69, 9.17) is 11.6 Å². The zero-order chi connectivity index (χ0) is 18.7. The number of nitrogens with one attached hydrogen (secondary N) is 2. The van der Waals surface area contributed by atoms with Crippen molar-refractivity contribution in [3.63, 3.8) is 0 Å². The fourth-order valence-corrected chi connectivity index (χ4v) is 2.80. The van der Waals surface area contributed by atoms with Crippen LogP contribution in [0.15, 0.2) is 48.8 Å². The molecule has 0 aliphatic rings. The molecule has 1 heterocycles. The number of nitrogens with zero attached hydrogens (tertiary/aromatic N) is 2. The van der Waals surface area contributed by atoms with Gasteiger partial charge in [0, 0.05) is 28.8 Å². The van der Waals surface area contributed by atoms with E-state index in [1.54, 1.807) is 18.2 Å². The molecule has 0 unspecified atom stereocenters. The summed E-state index contributed by atoms with van der Waals surface area (Å²) >= 11 is 6.08. The maximum absolute atomic E-state index is 12.4. The first kappa shape index (κ1) is 17.9. The van der Waals surface area contributed by atoms with E-state index in [1.807, 2.05) is 32.9 Å². The highest BCUT2D eigenvalue weighted by atomic mass is 35.5. The maximum atomic E-state index is 12.4. The summed E-state index contributed by atoms with van der Waals surface area (Å²) in [7, 11) is 0. The van der Waals surface area contributed by atoms with Crippen LogP contribution in [0.1, 0.15) is 27.0 Å². The first-order valence-corrected chi connectivity index (χ1v) is 8.54. The Morgan fingerprint density at radius 2 is 1.65 bits per heavy atom. The molecule has 3 aromatic rings. The molecule has 2 N–H and O–H groups in total. The quantitative estimate of drug-likeness (QED) is 0.678. The molecule has 1 amide bonds. The number of carbonyl (C=O) groups is 1. The van der Waals surface area contributed by atoms with Gasteiger partial charge in [-0.3, -0.25) is 4.79 Å². The summed E-state index contributed by atoms with van der Waals surface area (Å²) in [5, 5.41) is 6.58. The number of halogens is 1. The van der Waals surface area contributed by atoms with E-state index in [1.165, 1.54) is 12.4 Å². The average Bonchev–Trinajstić information content (AvgIpc) is 2.58. The van der Waals surface area contributed by atoms with Gasteiger partial charge in [0.2, 0.25) is 5.95 Å². The minimum Gasteiger partial charge on any atom is -0.324 e. The van der Waals surface area contributed by atoms with Crippen molar-refractivity contribution in [2.75, 3.05) is 10.6 Å². The van der Waals surface area contributed by atoms with E-state index in [0.29, 0.717) is 22.2 Å². The van der Waals surface area contributed by atoms with Gasteiger partial charge in [0.25, 0.3) is 5.91 Å². The Morgan fingerprint density at radius 3 is 2.31 bits per heavy atom. The third-order valence-electron chi connectivity index (χ3n) is 3.91. The molecule has 6 heteroatoms. The molecule has 132 valence electrons. The van der Waals surface area contributed by atoms with Gasteiger partial charge in [0.1, 0.15) is 0 Å². The van der Waals surface area contributed by atoms with Crippen molar-refractivity contribution in [1.82, 2.24) is 9.97 Å². The summed E-state index contributed by atoms with van der Waals surface area (Å²) in [6.45, 7) is 5.92. The van der Waals surface area contributed by atoms with Crippen molar-refractivity contribution in [2.45, 2.75) is 20.8 Å². The summed E-state index contributed by atoms with van der Waals surface area (Å²) in [6.07, 6.45) is 2.99. The lowest BCUT2D eigenvalue weighted by Gasteiger charge is -2.10. The second kappa shape index (κ2) is 7.54. The van der Waals surface area contributed by atoms with Crippen molar-refractivity contribution in [3.05, 3.63) is 76.1 Å². The Kier molecular flexibility index (Phi) is 5.19. The number of benzene rings is 2. The molecule has 0 saturated carbocycles. The van der Waals surface area contributed by atoms with Crippen LogP contribution in [0.5, 0.6) is 0 Å². The molecular weight excluding hydrogens is 348 g/mol. The van der Waals surface area contributed by atoms with Gasteiger partial charge in [-0.05, 0) is 61.7 Å². The van der Waals surface area contributed by atoms with Gasteiger partial charge in [-0.25, -0.2) is 9.97 Å². The summed E-state index contributed by atoms with van der Waals surface area (Å²) in [5.74, 6) is 0.152. The molecule has 0 fully saturated rings. The van der Waals surface area contributed by atoms with Crippen LogP contribution in [0.4, 0.5) is 17.3 Å². The van der Waals surface area contributed by atoms with Crippen LogP contribution >= 0.6 is 11.6 Å². The highest BCUT2D eigenvalue weighted by Gasteiger charge is 2.10. The second-order valence-electron chi connectivity index (χ2n) is 6.16. The molecule has 5 nitrogen and oxygen atoms in total. The molecule has 26 heavy (non-hydrogen) atoms. The van der Waals surface area contributed by atoms with Crippen molar-refractivity contribution in [1.29, 1.82) is 0 Å². The first-order chi connectivity index (χ1) is 12.4. The third kappa shape index (κ3) is 4.18. The number of aromatic nitrogens is 2. The summed E-state index contributed by atoms with van der Waals surface area (Å²) < 4.78 is 0. The Balaban J connectivity index is 1.72. The van der Waals surface area contributed by atoms with Crippen LogP contribution in [0.3, 0.4) is 0 Å². The van der Waals surface area contributed by atoms with E-state index in [9.17, 15) is 4.79 Å². The number of aryl methyl sites for hydroxylation is 2. The van der Waals surface area contributed by atoms with Crippen molar-refractivity contribution >= 4 is 34.8 Å². The van der Waals surface area contributed by atoms with Crippen molar-refractivity contribution in [3.8, 4) is 0 Å². The lowest BCUT2D eigenvalue weighted by atomic mass is 10.1. The topological polar surface area (TPSA) is 66.9 Å². The molecular formula is C20H19ClN4O. The molecule has 0 bridgehead atoms. The summed E-state index contributed by atoms with van der Waals surface area (Å²) in [4.78, 5) is 20.8. The number of amides is 1.